The Bertz CT molecular complexity index is 666. The van der Waals surface area contributed by atoms with Gasteiger partial charge in [-0.25, -0.2) is 0 Å². The van der Waals surface area contributed by atoms with Gasteiger partial charge in [0.25, 0.3) is 0 Å². The van der Waals surface area contributed by atoms with Crippen LogP contribution in [0.2, 0.25) is 0 Å². The van der Waals surface area contributed by atoms with E-state index in [1.54, 1.807) is 0 Å². The summed E-state index contributed by atoms with van der Waals surface area (Å²) in [5, 5.41) is 2.98. The third kappa shape index (κ3) is 4.36. The molecule has 1 fully saturated rings. The molecule has 0 spiro atoms. The maximum absolute atomic E-state index is 12.4. The van der Waals surface area contributed by atoms with E-state index in [9.17, 15) is 4.79 Å². The van der Waals surface area contributed by atoms with E-state index in [2.05, 4.69) is 10.2 Å². The van der Waals surface area contributed by atoms with E-state index in [0.29, 0.717) is 24.0 Å². The Hall–Kier alpha value is -2.33. The lowest BCUT2D eigenvalue weighted by atomic mass is 10.2. The number of benzene rings is 2. The Kier molecular flexibility index (Phi) is 5.49. The third-order valence-electron chi connectivity index (χ3n) is 4.47. The third-order valence-corrected chi connectivity index (χ3v) is 4.47. The number of ether oxygens (including phenoxy) is 1. The first-order valence-corrected chi connectivity index (χ1v) is 8.54. The van der Waals surface area contributed by atoms with E-state index in [1.165, 1.54) is 25.7 Å². The Morgan fingerprint density at radius 3 is 2.50 bits per heavy atom. The first-order valence-electron chi connectivity index (χ1n) is 8.54. The molecule has 0 aliphatic heterocycles. The Labute approximate surface area is 143 Å². The summed E-state index contributed by atoms with van der Waals surface area (Å²) in [6, 6.07) is 17.6. The second-order valence-corrected chi connectivity index (χ2v) is 6.31. The minimum Gasteiger partial charge on any atom is -0.455 e. The van der Waals surface area contributed by atoms with Gasteiger partial charge < -0.3 is 10.1 Å². The van der Waals surface area contributed by atoms with Crippen molar-refractivity contribution in [3.05, 3.63) is 54.6 Å². The Morgan fingerprint density at radius 2 is 1.75 bits per heavy atom. The molecule has 1 amide bonds. The highest BCUT2D eigenvalue weighted by Gasteiger charge is 2.21. The number of likely N-dealkylation sites (N-methyl/N-ethyl adjacent to an activating group) is 1. The van der Waals surface area contributed by atoms with E-state index in [1.807, 2.05) is 61.6 Å². The highest BCUT2D eigenvalue weighted by atomic mass is 16.5. The molecule has 0 aromatic heterocycles. The number of amides is 1. The van der Waals surface area contributed by atoms with Crippen LogP contribution in [0.15, 0.2) is 54.6 Å². The zero-order valence-corrected chi connectivity index (χ0v) is 14.1. The lowest BCUT2D eigenvalue weighted by molar-refractivity contribution is -0.117. The van der Waals surface area contributed by atoms with Crippen LogP contribution in [0.5, 0.6) is 11.5 Å². The van der Waals surface area contributed by atoms with Crippen molar-refractivity contribution in [2.75, 3.05) is 18.9 Å². The summed E-state index contributed by atoms with van der Waals surface area (Å²) in [6.07, 6.45) is 4.92. The largest absolute Gasteiger partial charge is 0.455 e. The maximum Gasteiger partial charge on any atom is 0.238 e. The molecule has 3 rings (SSSR count). The summed E-state index contributed by atoms with van der Waals surface area (Å²) in [5.41, 5.74) is 0.700. The molecule has 0 unspecified atom stereocenters. The SMILES string of the molecule is CN(CC(=O)Nc1ccccc1Oc1ccccc1)C1CCCC1. The highest BCUT2D eigenvalue weighted by Crippen LogP contribution is 2.29. The predicted octanol–water partition coefficient (Wildman–Crippen LogP) is 4.29. The molecule has 2 aromatic carbocycles. The number of carbonyl (C=O) groups excluding carboxylic acids is 1. The van der Waals surface area contributed by atoms with Crippen LogP contribution in [0, 0.1) is 0 Å². The molecule has 1 aliphatic carbocycles. The van der Waals surface area contributed by atoms with Crippen molar-refractivity contribution < 1.29 is 9.53 Å². The number of hydrogen-bond donors (Lipinski definition) is 1. The van der Waals surface area contributed by atoms with Gasteiger partial charge in [-0.05, 0) is 44.2 Å². The molecule has 0 heterocycles. The number of rotatable bonds is 6. The van der Waals surface area contributed by atoms with E-state index in [-0.39, 0.29) is 5.91 Å². The number of nitrogens with zero attached hydrogens (tertiary/aromatic N) is 1. The fourth-order valence-corrected chi connectivity index (χ4v) is 3.16. The highest BCUT2D eigenvalue weighted by molar-refractivity contribution is 5.93. The molecule has 126 valence electrons. The van der Waals surface area contributed by atoms with Crippen molar-refractivity contribution in [1.29, 1.82) is 0 Å². The van der Waals surface area contributed by atoms with Gasteiger partial charge in [-0.15, -0.1) is 0 Å². The number of para-hydroxylation sites is 3. The Balaban J connectivity index is 1.63. The minimum absolute atomic E-state index is 0.00601. The van der Waals surface area contributed by atoms with Crippen LogP contribution >= 0.6 is 0 Å². The molecule has 1 N–H and O–H groups in total. The molecular weight excluding hydrogens is 300 g/mol. The van der Waals surface area contributed by atoms with E-state index < -0.39 is 0 Å². The normalized spacial score (nSPS) is 14.8. The summed E-state index contributed by atoms with van der Waals surface area (Å²) >= 11 is 0. The summed E-state index contributed by atoms with van der Waals surface area (Å²) in [5.74, 6) is 1.40. The molecule has 4 nitrogen and oxygen atoms in total. The van der Waals surface area contributed by atoms with Crippen LogP contribution < -0.4 is 10.1 Å². The molecule has 0 saturated heterocycles. The fraction of sp³-hybridized carbons (Fsp3) is 0.350. The second kappa shape index (κ2) is 7.97. The minimum atomic E-state index is -0.00601. The molecule has 1 aliphatic rings. The lowest BCUT2D eigenvalue weighted by Crippen LogP contribution is -2.36. The van der Waals surface area contributed by atoms with Gasteiger partial charge in [0.2, 0.25) is 5.91 Å². The van der Waals surface area contributed by atoms with E-state index >= 15 is 0 Å². The van der Waals surface area contributed by atoms with Crippen LogP contribution in [0.1, 0.15) is 25.7 Å². The van der Waals surface area contributed by atoms with Crippen molar-refractivity contribution in [1.82, 2.24) is 4.90 Å². The predicted molar refractivity (Wildman–Crippen MR) is 96.5 cm³/mol. The molecule has 24 heavy (non-hydrogen) atoms. The summed E-state index contributed by atoms with van der Waals surface area (Å²) < 4.78 is 5.89. The monoisotopic (exact) mass is 324 g/mol. The van der Waals surface area contributed by atoms with Gasteiger partial charge in [0.05, 0.1) is 12.2 Å². The lowest BCUT2D eigenvalue weighted by Gasteiger charge is -2.23. The first-order chi connectivity index (χ1) is 11.7. The number of hydrogen-bond acceptors (Lipinski definition) is 3. The van der Waals surface area contributed by atoms with Crippen LogP contribution in [0.3, 0.4) is 0 Å². The van der Waals surface area contributed by atoms with Gasteiger partial charge in [0, 0.05) is 6.04 Å². The number of carbonyl (C=O) groups is 1. The summed E-state index contributed by atoms with van der Waals surface area (Å²) in [6.45, 7) is 0.407. The van der Waals surface area contributed by atoms with Gasteiger partial charge in [-0.2, -0.15) is 0 Å². The molecule has 0 atom stereocenters. The van der Waals surface area contributed by atoms with Crippen molar-refractivity contribution in [2.24, 2.45) is 0 Å². The molecule has 4 heteroatoms. The zero-order valence-electron chi connectivity index (χ0n) is 14.1. The number of nitrogens with one attached hydrogen (secondary N) is 1. The zero-order chi connectivity index (χ0) is 16.8. The standard InChI is InChI=1S/C20H24N2O2/c1-22(16-9-5-6-10-16)15-20(23)21-18-13-7-8-14-19(18)24-17-11-3-2-4-12-17/h2-4,7-8,11-14,16H,5-6,9-10,15H2,1H3,(H,21,23). The van der Waals surface area contributed by atoms with Gasteiger partial charge in [-0.1, -0.05) is 43.2 Å². The number of anilines is 1. The van der Waals surface area contributed by atoms with E-state index in [4.69, 9.17) is 4.74 Å². The topological polar surface area (TPSA) is 41.6 Å². The second-order valence-electron chi connectivity index (χ2n) is 6.31. The average molecular weight is 324 g/mol. The van der Waals surface area contributed by atoms with Crippen molar-refractivity contribution in [3.63, 3.8) is 0 Å². The first kappa shape index (κ1) is 16.5. The molecule has 2 aromatic rings. The van der Waals surface area contributed by atoms with Crippen molar-refractivity contribution >= 4 is 11.6 Å². The summed E-state index contributed by atoms with van der Waals surface area (Å²) in [4.78, 5) is 14.5. The molecule has 1 saturated carbocycles. The van der Waals surface area contributed by atoms with Crippen LogP contribution in [0.25, 0.3) is 0 Å². The van der Waals surface area contributed by atoms with Gasteiger partial charge in [0.15, 0.2) is 5.75 Å². The van der Waals surface area contributed by atoms with Crippen LogP contribution in [-0.2, 0) is 4.79 Å². The molecule has 0 radical (unpaired) electrons. The van der Waals surface area contributed by atoms with Gasteiger partial charge >= 0.3 is 0 Å². The summed E-state index contributed by atoms with van der Waals surface area (Å²) in [7, 11) is 2.03. The molecular formula is C20H24N2O2. The van der Waals surface area contributed by atoms with Crippen LogP contribution in [-0.4, -0.2) is 30.4 Å². The van der Waals surface area contributed by atoms with Gasteiger partial charge in [-0.3, -0.25) is 9.69 Å². The van der Waals surface area contributed by atoms with E-state index in [0.717, 1.165) is 5.75 Å². The van der Waals surface area contributed by atoms with Crippen molar-refractivity contribution in [2.45, 2.75) is 31.7 Å². The van der Waals surface area contributed by atoms with Crippen molar-refractivity contribution in [3.8, 4) is 11.5 Å². The maximum atomic E-state index is 12.4. The smallest absolute Gasteiger partial charge is 0.238 e. The Morgan fingerprint density at radius 1 is 1.08 bits per heavy atom. The molecule has 0 bridgehead atoms. The van der Waals surface area contributed by atoms with Gasteiger partial charge in [0.1, 0.15) is 5.75 Å². The van der Waals surface area contributed by atoms with Crippen LogP contribution in [0.4, 0.5) is 5.69 Å². The average Bonchev–Trinajstić information content (AvgIpc) is 3.12. The fourth-order valence-electron chi connectivity index (χ4n) is 3.16. The quantitative estimate of drug-likeness (QED) is 0.862.